The Morgan fingerprint density at radius 1 is 1.32 bits per heavy atom. The zero-order chi connectivity index (χ0) is 14.2. The fraction of sp³-hybridized carbons (Fsp3) is 0.357. The molecule has 0 saturated carbocycles. The van der Waals surface area contributed by atoms with Gasteiger partial charge in [0.15, 0.2) is 0 Å². The number of aromatic nitrogens is 2. The minimum absolute atomic E-state index is 0. The van der Waals surface area contributed by atoms with E-state index in [1.165, 1.54) is 11.3 Å². The number of likely N-dealkylation sites (N-methyl/N-ethyl adjacent to an activating group) is 1. The van der Waals surface area contributed by atoms with E-state index in [-0.39, 0.29) is 30.7 Å². The highest BCUT2D eigenvalue weighted by molar-refractivity contribution is 7.13. The standard InChI is InChI=1S/C14H18N4OS.2ClH/c1-2-15-6-7-17-13(19)8-12-10-20-14(18-12)11-4-3-5-16-9-11;;/h3-5,9-10,15H,2,6-8H2,1H3,(H,17,19);2*1H. The van der Waals surface area contributed by atoms with Crippen molar-refractivity contribution in [3.8, 4) is 10.6 Å². The third-order valence-corrected chi connectivity index (χ3v) is 3.62. The first kappa shape index (κ1) is 20.8. The number of amides is 1. The number of hydrogen-bond donors (Lipinski definition) is 2. The van der Waals surface area contributed by atoms with E-state index in [9.17, 15) is 4.79 Å². The molecule has 0 fully saturated rings. The summed E-state index contributed by atoms with van der Waals surface area (Å²) in [5.41, 5.74) is 1.78. The first-order valence-electron chi connectivity index (χ1n) is 6.62. The molecule has 22 heavy (non-hydrogen) atoms. The van der Waals surface area contributed by atoms with Crippen LogP contribution in [0.3, 0.4) is 0 Å². The van der Waals surface area contributed by atoms with Crippen LogP contribution < -0.4 is 10.6 Å². The number of carbonyl (C=O) groups is 1. The molecule has 2 aromatic heterocycles. The van der Waals surface area contributed by atoms with Gasteiger partial charge in [-0.2, -0.15) is 0 Å². The molecule has 2 aromatic rings. The van der Waals surface area contributed by atoms with Gasteiger partial charge in [0.2, 0.25) is 5.91 Å². The second-order valence-electron chi connectivity index (χ2n) is 4.27. The molecule has 2 heterocycles. The topological polar surface area (TPSA) is 66.9 Å². The van der Waals surface area contributed by atoms with Crippen molar-refractivity contribution in [1.29, 1.82) is 0 Å². The van der Waals surface area contributed by atoms with Gasteiger partial charge in [-0.05, 0) is 18.7 Å². The third kappa shape index (κ3) is 6.70. The van der Waals surface area contributed by atoms with Crippen molar-refractivity contribution in [3.05, 3.63) is 35.6 Å². The van der Waals surface area contributed by atoms with E-state index in [1.807, 2.05) is 24.4 Å². The molecule has 0 saturated heterocycles. The molecule has 0 aliphatic heterocycles. The van der Waals surface area contributed by atoms with Crippen LogP contribution in [0.1, 0.15) is 12.6 Å². The molecule has 0 aliphatic rings. The van der Waals surface area contributed by atoms with Gasteiger partial charge in [-0.15, -0.1) is 36.2 Å². The summed E-state index contributed by atoms with van der Waals surface area (Å²) in [6, 6.07) is 3.84. The molecule has 0 bridgehead atoms. The monoisotopic (exact) mass is 362 g/mol. The minimum Gasteiger partial charge on any atom is -0.354 e. The maximum Gasteiger partial charge on any atom is 0.226 e. The van der Waals surface area contributed by atoms with Crippen LogP contribution in [0.2, 0.25) is 0 Å². The lowest BCUT2D eigenvalue weighted by Gasteiger charge is -2.04. The SMILES string of the molecule is CCNCCNC(=O)Cc1csc(-c2cccnc2)n1.Cl.Cl. The van der Waals surface area contributed by atoms with Gasteiger partial charge in [0, 0.05) is 36.4 Å². The number of hydrogen-bond acceptors (Lipinski definition) is 5. The largest absolute Gasteiger partial charge is 0.354 e. The third-order valence-electron chi connectivity index (χ3n) is 2.68. The van der Waals surface area contributed by atoms with Crippen LogP contribution >= 0.6 is 36.2 Å². The van der Waals surface area contributed by atoms with Gasteiger partial charge >= 0.3 is 0 Å². The number of nitrogens with zero attached hydrogens (tertiary/aromatic N) is 2. The Balaban J connectivity index is 0.00000220. The van der Waals surface area contributed by atoms with Crippen LogP contribution in [0.15, 0.2) is 29.9 Å². The quantitative estimate of drug-likeness (QED) is 0.741. The van der Waals surface area contributed by atoms with Crippen molar-refractivity contribution in [3.63, 3.8) is 0 Å². The van der Waals surface area contributed by atoms with Gasteiger partial charge in [0.1, 0.15) is 5.01 Å². The van der Waals surface area contributed by atoms with Crippen molar-refractivity contribution in [1.82, 2.24) is 20.6 Å². The molecule has 0 aliphatic carbocycles. The van der Waals surface area contributed by atoms with Crippen molar-refractivity contribution >= 4 is 42.1 Å². The zero-order valence-corrected chi connectivity index (χ0v) is 14.7. The van der Waals surface area contributed by atoms with E-state index in [4.69, 9.17) is 0 Å². The Morgan fingerprint density at radius 3 is 2.82 bits per heavy atom. The minimum atomic E-state index is 0. The average Bonchev–Trinajstić information content (AvgIpc) is 2.93. The molecule has 0 atom stereocenters. The summed E-state index contributed by atoms with van der Waals surface area (Å²) in [4.78, 5) is 20.3. The molecule has 2 rings (SSSR count). The normalized spacial score (nSPS) is 9.50. The van der Waals surface area contributed by atoms with Crippen LogP contribution in [0.5, 0.6) is 0 Å². The highest BCUT2D eigenvalue weighted by Gasteiger charge is 2.08. The van der Waals surface area contributed by atoms with Gasteiger partial charge in [0.25, 0.3) is 0 Å². The summed E-state index contributed by atoms with van der Waals surface area (Å²) in [5, 5.41) is 8.84. The number of carbonyl (C=O) groups excluding carboxylic acids is 1. The van der Waals surface area contributed by atoms with E-state index >= 15 is 0 Å². The highest BCUT2D eigenvalue weighted by Crippen LogP contribution is 2.22. The molecular weight excluding hydrogens is 343 g/mol. The highest BCUT2D eigenvalue weighted by atomic mass is 35.5. The molecule has 122 valence electrons. The van der Waals surface area contributed by atoms with Crippen molar-refractivity contribution < 1.29 is 4.79 Å². The van der Waals surface area contributed by atoms with Crippen LogP contribution in [0, 0.1) is 0 Å². The summed E-state index contributed by atoms with van der Waals surface area (Å²) in [7, 11) is 0. The fourth-order valence-electron chi connectivity index (χ4n) is 1.70. The summed E-state index contributed by atoms with van der Waals surface area (Å²) in [6.07, 6.45) is 3.83. The number of halogens is 2. The van der Waals surface area contributed by atoms with E-state index in [0.29, 0.717) is 13.0 Å². The van der Waals surface area contributed by atoms with Crippen LogP contribution in [0.25, 0.3) is 10.6 Å². The number of nitrogens with one attached hydrogen (secondary N) is 2. The van der Waals surface area contributed by atoms with Gasteiger partial charge in [-0.1, -0.05) is 6.92 Å². The molecule has 0 radical (unpaired) electrons. The second kappa shape index (κ2) is 11.4. The Labute approximate surface area is 146 Å². The van der Waals surface area contributed by atoms with E-state index in [0.717, 1.165) is 29.4 Å². The zero-order valence-electron chi connectivity index (χ0n) is 12.2. The van der Waals surface area contributed by atoms with Gasteiger partial charge in [0.05, 0.1) is 12.1 Å². The lowest BCUT2D eigenvalue weighted by Crippen LogP contribution is -2.32. The predicted molar refractivity (Wildman–Crippen MR) is 95.1 cm³/mol. The molecule has 0 aromatic carbocycles. The first-order chi connectivity index (χ1) is 9.79. The number of pyridine rings is 1. The predicted octanol–water partition coefficient (Wildman–Crippen LogP) is 2.32. The molecule has 5 nitrogen and oxygen atoms in total. The summed E-state index contributed by atoms with van der Waals surface area (Å²) in [5.74, 6) is 0.00550. The van der Waals surface area contributed by atoms with Crippen LogP contribution in [0.4, 0.5) is 0 Å². The van der Waals surface area contributed by atoms with Gasteiger partial charge < -0.3 is 10.6 Å². The van der Waals surface area contributed by atoms with Gasteiger partial charge in [-0.3, -0.25) is 9.78 Å². The van der Waals surface area contributed by atoms with E-state index in [1.54, 1.807) is 12.4 Å². The van der Waals surface area contributed by atoms with E-state index in [2.05, 4.69) is 20.6 Å². The smallest absolute Gasteiger partial charge is 0.226 e. The molecule has 0 unspecified atom stereocenters. The summed E-state index contributed by atoms with van der Waals surface area (Å²) >= 11 is 1.53. The van der Waals surface area contributed by atoms with Crippen molar-refractivity contribution in [2.24, 2.45) is 0 Å². The maximum absolute atomic E-state index is 11.7. The summed E-state index contributed by atoms with van der Waals surface area (Å²) in [6.45, 7) is 4.39. The Morgan fingerprint density at radius 2 is 2.14 bits per heavy atom. The second-order valence-corrected chi connectivity index (χ2v) is 5.12. The number of rotatable bonds is 7. The average molecular weight is 363 g/mol. The molecule has 1 amide bonds. The Bertz CT molecular complexity index is 551. The number of thiazole rings is 1. The van der Waals surface area contributed by atoms with E-state index < -0.39 is 0 Å². The molecule has 8 heteroatoms. The molecule has 2 N–H and O–H groups in total. The molecular formula is C14H20Cl2N4OS. The van der Waals surface area contributed by atoms with Crippen LogP contribution in [-0.2, 0) is 11.2 Å². The van der Waals surface area contributed by atoms with Gasteiger partial charge in [-0.25, -0.2) is 4.98 Å². The maximum atomic E-state index is 11.7. The van der Waals surface area contributed by atoms with Crippen molar-refractivity contribution in [2.45, 2.75) is 13.3 Å². The Kier molecular flexibility index (Phi) is 10.7. The first-order valence-corrected chi connectivity index (χ1v) is 7.49. The lowest BCUT2D eigenvalue weighted by atomic mass is 10.3. The van der Waals surface area contributed by atoms with Crippen molar-refractivity contribution in [2.75, 3.05) is 19.6 Å². The summed E-state index contributed by atoms with van der Waals surface area (Å²) < 4.78 is 0. The fourth-order valence-corrected chi connectivity index (χ4v) is 2.51. The van der Waals surface area contributed by atoms with Crippen LogP contribution in [-0.4, -0.2) is 35.5 Å². The molecule has 0 spiro atoms. The Hall–Kier alpha value is -1.21. The lowest BCUT2D eigenvalue weighted by molar-refractivity contribution is -0.120.